The Morgan fingerprint density at radius 1 is 1.30 bits per heavy atom. The van der Waals surface area contributed by atoms with Gasteiger partial charge in [0.05, 0.1) is 0 Å². The Morgan fingerprint density at radius 3 is 2.78 bits per heavy atom. The zero-order valence-corrected chi connectivity index (χ0v) is 13.4. The molecule has 1 saturated carbocycles. The summed E-state index contributed by atoms with van der Waals surface area (Å²) >= 11 is 1.37. The highest BCUT2D eigenvalue weighted by Crippen LogP contribution is 2.40. The minimum absolute atomic E-state index is 0.159. The minimum atomic E-state index is -0.159. The monoisotopic (exact) mass is 324 g/mol. The van der Waals surface area contributed by atoms with Gasteiger partial charge in [-0.1, -0.05) is 41.7 Å². The number of carbonyl (C=O) groups is 1. The molecule has 1 heterocycles. The standard InChI is InChI=1S/C17H16N4OS/c1-9-20-21-17(23-9)19-16(22)14-7-11(13-8-15(13)18)6-10-4-2-3-5-12(10)14/h2-7,13,15H,8,18H2,1H3,(H,19,21,22)/t13-,15+/m0/s1. The summed E-state index contributed by atoms with van der Waals surface area (Å²) in [5.41, 5.74) is 7.77. The van der Waals surface area contributed by atoms with Crippen molar-refractivity contribution in [3.63, 3.8) is 0 Å². The summed E-state index contributed by atoms with van der Waals surface area (Å²) in [5.74, 6) is 0.198. The molecular formula is C17H16N4OS. The molecule has 1 aliphatic rings. The van der Waals surface area contributed by atoms with Gasteiger partial charge in [-0.25, -0.2) is 0 Å². The van der Waals surface area contributed by atoms with Gasteiger partial charge in [-0.3, -0.25) is 10.1 Å². The van der Waals surface area contributed by atoms with Gasteiger partial charge in [0.15, 0.2) is 0 Å². The van der Waals surface area contributed by atoms with Crippen molar-refractivity contribution in [2.24, 2.45) is 5.73 Å². The number of hydrogen-bond acceptors (Lipinski definition) is 5. The third kappa shape index (κ3) is 2.71. The lowest BCUT2D eigenvalue weighted by atomic mass is 9.98. The van der Waals surface area contributed by atoms with E-state index < -0.39 is 0 Å². The first-order valence-corrected chi connectivity index (χ1v) is 8.33. The number of nitrogens with zero attached hydrogens (tertiary/aromatic N) is 2. The van der Waals surface area contributed by atoms with Crippen LogP contribution in [-0.2, 0) is 0 Å². The number of aromatic nitrogens is 2. The molecule has 0 aliphatic heterocycles. The average Bonchev–Trinajstić information content (AvgIpc) is 3.14. The van der Waals surface area contributed by atoms with Crippen LogP contribution in [0.25, 0.3) is 10.8 Å². The highest BCUT2D eigenvalue weighted by Gasteiger charge is 2.35. The molecule has 0 radical (unpaired) electrons. The maximum Gasteiger partial charge on any atom is 0.258 e. The Labute approximate surface area is 137 Å². The largest absolute Gasteiger partial charge is 0.327 e. The van der Waals surface area contributed by atoms with E-state index in [1.807, 2.05) is 37.3 Å². The predicted molar refractivity (Wildman–Crippen MR) is 91.9 cm³/mol. The summed E-state index contributed by atoms with van der Waals surface area (Å²) in [6.07, 6.45) is 0.981. The van der Waals surface area contributed by atoms with Crippen molar-refractivity contribution >= 4 is 33.1 Å². The molecule has 5 nitrogen and oxygen atoms in total. The van der Waals surface area contributed by atoms with Crippen LogP contribution in [0.2, 0.25) is 0 Å². The summed E-state index contributed by atoms with van der Waals surface area (Å²) in [6, 6.07) is 12.2. The first-order chi connectivity index (χ1) is 11.1. The van der Waals surface area contributed by atoms with E-state index in [9.17, 15) is 4.79 Å². The van der Waals surface area contributed by atoms with E-state index in [0.29, 0.717) is 16.6 Å². The summed E-state index contributed by atoms with van der Waals surface area (Å²) in [4.78, 5) is 12.7. The van der Waals surface area contributed by atoms with E-state index in [-0.39, 0.29) is 11.9 Å². The zero-order chi connectivity index (χ0) is 16.0. The van der Waals surface area contributed by atoms with E-state index >= 15 is 0 Å². The van der Waals surface area contributed by atoms with Crippen molar-refractivity contribution < 1.29 is 4.79 Å². The number of hydrogen-bond donors (Lipinski definition) is 2. The first kappa shape index (κ1) is 14.3. The van der Waals surface area contributed by atoms with Crippen molar-refractivity contribution in [1.29, 1.82) is 0 Å². The lowest BCUT2D eigenvalue weighted by Gasteiger charge is -2.09. The summed E-state index contributed by atoms with van der Waals surface area (Å²) in [6.45, 7) is 1.86. The van der Waals surface area contributed by atoms with Gasteiger partial charge < -0.3 is 5.73 Å². The van der Waals surface area contributed by atoms with Crippen LogP contribution in [0, 0.1) is 6.92 Å². The molecule has 6 heteroatoms. The average molecular weight is 324 g/mol. The lowest BCUT2D eigenvalue weighted by molar-refractivity contribution is 0.102. The van der Waals surface area contributed by atoms with Gasteiger partial charge in [0.1, 0.15) is 5.01 Å². The number of benzene rings is 2. The lowest BCUT2D eigenvalue weighted by Crippen LogP contribution is -2.13. The van der Waals surface area contributed by atoms with Crippen molar-refractivity contribution in [2.75, 3.05) is 5.32 Å². The van der Waals surface area contributed by atoms with Gasteiger partial charge in [0.25, 0.3) is 5.91 Å². The van der Waals surface area contributed by atoms with E-state index in [4.69, 9.17) is 5.73 Å². The Hall–Kier alpha value is -2.31. The topological polar surface area (TPSA) is 80.9 Å². The smallest absolute Gasteiger partial charge is 0.258 e. The van der Waals surface area contributed by atoms with Gasteiger partial charge in [0, 0.05) is 17.5 Å². The summed E-state index contributed by atoms with van der Waals surface area (Å²) in [5, 5.41) is 14.1. The van der Waals surface area contributed by atoms with Crippen LogP contribution in [0.1, 0.15) is 33.3 Å². The van der Waals surface area contributed by atoms with Gasteiger partial charge in [0.2, 0.25) is 5.13 Å². The molecule has 2 aromatic carbocycles. The van der Waals surface area contributed by atoms with Crippen molar-refractivity contribution in [1.82, 2.24) is 10.2 Å². The van der Waals surface area contributed by atoms with Crippen LogP contribution in [0.15, 0.2) is 36.4 Å². The molecule has 3 aromatic rings. The van der Waals surface area contributed by atoms with Gasteiger partial charge in [-0.05, 0) is 35.7 Å². The van der Waals surface area contributed by atoms with Gasteiger partial charge in [-0.15, -0.1) is 10.2 Å². The van der Waals surface area contributed by atoms with Crippen molar-refractivity contribution in [3.8, 4) is 0 Å². The highest BCUT2D eigenvalue weighted by atomic mass is 32.1. The maximum atomic E-state index is 12.7. The fourth-order valence-electron chi connectivity index (χ4n) is 2.85. The van der Waals surface area contributed by atoms with Crippen LogP contribution in [0.3, 0.4) is 0 Å². The highest BCUT2D eigenvalue weighted by molar-refractivity contribution is 7.15. The summed E-state index contributed by atoms with van der Waals surface area (Å²) in [7, 11) is 0. The van der Waals surface area contributed by atoms with Crippen LogP contribution >= 0.6 is 11.3 Å². The number of fused-ring (bicyclic) bond motifs is 1. The van der Waals surface area contributed by atoms with Crippen molar-refractivity contribution in [3.05, 3.63) is 52.5 Å². The van der Waals surface area contributed by atoms with Crippen molar-refractivity contribution in [2.45, 2.75) is 25.3 Å². The molecule has 3 N–H and O–H groups in total. The van der Waals surface area contributed by atoms with Gasteiger partial charge >= 0.3 is 0 Å². The maximum absolute atomic E-state index is 12.7. The number of carbonyl (C=O) groups excluding carboxylic acids is 1. The summed E-state index contributed by atoms with van der Waals surface area (Å²) < 4.78 is 0. The second-order valence-corrected chi connectivity index (χ2v) is 7.06. The van der Waals surface area contributed by atoms with Crippen LogP contribution in [0.4, 0.5) is 5.13 Å². The third-order valence-electron chi connectivity index (χ3n) is 4.14. The zero-order valence-electron chi connectivity index (χ0n) is 12.6. The number of aryl methyl sites for hydroxylation is 1. The molecule has 0 spiro atoms. The number of anilines is 1. The molecule has 1 aliphatic carbocycles. The molecule has 0 unspecified atom stereocenters. The SMILES string of the molecule is Cc1nnc(NC(=O)c2cc([C@@H]3C[C@H]3N)cc3ccccc23)s1. The normalized spacial score (nSPS) is 19.7. The number of rotatable bonds is 3. The molecule has 2 atom stereocenters. The molecule has 23 heavy (non-hydrogen) atoms. The van der Waals surface area contributed by atoms with Gasteiger partial charge in [-0.2, -0.15) is 0 Å². The fraction of sp³-hybridized carbons (Fsp3) is 0.235. The molecule has 116 valence electrons. The fourth-order valence-corrected chi connectivity index (χ4v) is 3.43. The molecule has 0 bridgehead atoms. The Bertz CT molecular complexity index is 904. The van der Waals surface area contributed by atoms with E-state index in [0.717, 1.165) is 27.8 Å². The predicted octanol–water partition coefficient (Wildman–Crippen LogP) is 3.07. The minimum Gasteiger partial charge on any atom is -0.327 e. The van der Waals surface area contributed by atoms with Crippen LogP contribution < -0.4 is 11.1 Å². The molecular weight excluding hydrogens is 308 g/mol. The van der Waals surface area contributed by atoms with Crippen LogP contribution in [0.5, 0.6) is 0 Å². The van der Waals surface area contributed by atoms with E-state index in [2.05, 4.69) is 21.6 Å². The second kappa shape index (κ2) is 5.40. The quantitative estimate of drug-likeness (QED) is 0.776. The number of nitrogens with one attached hydrogen (secondary N) is 1. The van der Waals surface area contributed by atoms with E-state index in [1.54, 1.807) is 0 Å². The molecule has 1 fully saturated rings. The van der Waals surface area contributed by atoms with Crippen LogP contribution in [-0.4, -0.2) is 22.1 Å². The molecule has 0 saturated heterocycles. The molecule has 1 aromatic heterocycles. The Morgan fingerprint density at radius 2 is 2.09 bits per heavy atom. The number of nitrogens with two attached hydrogens (primary N) is 1. The molecule has 1 amide bonds. The van der Waals surface area contributed by atoms with E-state index in [1.165, 1.54) is 11.3 Å². The second-order valence-electron chi connectivity index (χ2n) is 5.88. The first-order valence-electron chi connectivity index (χ1n) is 7.51. The third-order valence-corrected chi connectivity index (χ3v) is 4.90. The Balaban J connectivity index is 1.76. The number of amides is 1. The Kier molecular flexibility index (Phi) is 3.36. The molecule has 4 rings (SSSR count).